The van der Waals surface area contributed by atoms with Crippen LogP contribution in [0, 0.1) is 0 Å². The van der Waals surface area contributed by atoms with Gasteiger partial charge in [0.15, 0.2) is 0 Å². The number of halogens is 1. The maximum Gasteiger partial charge on any atom is 0.122 e. The van der Waals surface area contributed by atoms with Gasteiger partial charge in [-0.25, -0.2) is 0 Å². The van der Waals surface area contributed by atoms with Gasteiger partial charge in [-0.2, -0.15) is 0 Å². The number of hydrogen-bond acceptors (Lipinski definition) is 1. The summed E-state index contributed by atoms with van der Waals surface area (Å²) >= 11 is 5.91. The zero-order chi connectivity index (χ0) is 10.6. The SMILES string of the molecule is COc1ccc(Cl)cc1CC=C(C)C. The Morgan fingerprint density at radius 2 is 2.14 bits per heavy atom. The molecule has 1 rings (SSSR count). The number of benzene rings is 1. The van der Waals surface area contributed by atoms with E-state index in [1.165, 1.54) is 5.57 Å². The van der Waals surface area contributed by atoms with E-state index < -0.39 is 0 Å². The summed E-state index contributed by atoms with van der Waals surface area (Å²) in [6.07, 6.45) is 3.03. The lowest BCUT2D eigenvalue weighted by Crippen LogP contribution is -1.90. The van der Waals surface area contributed by atoms with Gasteiger partial charge < -0.3 is 4.74 Å². The Morgan fingerprint density at radius 3 is 2.71 bits per heavy atom. The quantitative estimate of drug-likeness (QED) is 0.689. The molecule has 0 atom stereocenters. The van der Waals surface area contributed by atoms with Crippen LogP contribution in [-0.2, 0) is 6.42 Å². The van der Waals surface area contributed by atoms with Crippen molar-refractivity contribution in [3.8, 4) is 5.75 Å². The minimum atomic E-state index is 0.753. The van der Waals surface area contributed by atoms with Crippen molar-refractivity contribution < 1.29 is 4.74 Å². The number of rotatable bonds is 3. The Balaban J connectivity index is 2.93. The minimum Gasteiger partial charge on any atom is -0.496 e. The van der Waals surface area contributed by atoms with E-state index in [0.29, 0.717) is 0 Å². The summed E-state index contributed by atoms with van der Waals surface area (Å²) < 4.78 is 5.24. The third kappa shape index (κ3) is 3.08. The van der Waals surface area contributed by atoms with Gasteiger partial charge in [0.2, 0.25) is 0 Å². The molecule has 0 heterocycles. The lowest BCUT2D eigenvalue weighted by atomic mass is 10.1. The zero-order valence-corrected chi connectivity index (χ0v) is 9.56. The molecule has 0 unspecified atom stereocenters. The molecular formula is C12H15ClO. The van der Waals surface area contributed by atoms with Crippen molar-refractivity contribution >= 4 is 11.6 Å². The topological polar surface area (TPSA) is 9.23 Å². The minimum absolute atomic E-state index is 0.753. The summed E-state index contributed by atoms with van der Waals surface area (Å²) in [5.41, 5.74) is 2.42. The molecule has 0 saturated heterocycles. The van der Waals surface area contributed by atoms with Crippen LogP contribution >= 0.6 is 11.6 Å². The Labute approximate surface area is 90.3 Å². The van der Waals surface area contributed by atoms with Crippen molar-refractivity contribution in [3.05, 3.63) is 40.4 Å². The van der Waals surface area contributed by atoms with Crippen LogP contribution in [0.5, 0.6) is 5.75 Å². The van der Waals surface area contributed by atoms with Crippen LogP contribution in [0.25, 0.3) is 0 Å². The molecule has 0 saturated carbocycles. The van der Waals surface area contributed by atoms with E-state index in [9.17, 15) is 0 Å². The third-order valence-electron chi connectivity index (χ3n) is 1.97. The van der Waals surface area contributed by atoms with Crippen molar-refractivity contribution in [3.63, 3.8) is 0 Å². The van der Waals surface area contributed by atoms with Crippen LogP contribution in [0.4, 0.5) is 0 Å². The molecule has 76 valence electrons. The molecule has 0 aliphatic heterocycles. The highest BCUT2D eigenvalue weighted by atomic mass is 35.5. The van der Waals surface area contributed by atoms with Crippen molar-refractivity contribution in [2.45, 2.75) is 20.3 Å². The summed E-state index contributed by atoms with van der Waals surface area (Å²) in [7, 11) is 1.68. The van der Waals surface area contributed by atoms with Gasteiger partial charge in [0.1, 0.15) is 5.75 Å². The highest BCUT2D eigenvalue weighted by molar-refractivity contribution is 6.30. The Morgan fingerprint density at radius 1 is 1.43 bits per heavy atom. The molecule has 0 fully saturated rings. The smallest absolute Gasteiger partial charge is 0.122 e. The largest absolute Gasteiger partial charge is 0.496 e. The molecule has 0 aliphatic carbocycles. The van der Waals surface area contributed by atoms with Gasteiger partial charge in [-0.1, -0.05) is 23.3 Å². The van der Waals surface area contributed by atoms with E-state index >= 15 is 0 Å². The summed E-state index contributed by atoms with van der Waals surface area (Å²) in [5.74, 6) is 0.895. The first-order valence-corrected chi connectivity index (χ1v) is 4.97. The van der Waals surface area contributed by atoms with Gasteiger partial charge in [0.05, 0.1) is 7.11 Å². The first kappa shape index (κ1) is 11.1. The molecule has 0 spiro atoms. The van der Waals surface area contributed by atoms with E-state index in [-0.39, 0.29) is 0 Å². The van der Waals surface area contributed by atoms with Crippen LogP contribution in [0.3, 0.4) is 0 Å². The van der Waals surface area contributed by atoms with Gasteiger partial charge in [0.25, 0.3) is 0 Å². The van der Waals surface area contributed by atoms with Crippen molar-refractivity contribution in [2.75, 3.05) is 7.11 Å². The fourth-order valence-electron chi connectivity index (χ4n) is 1.22. The Kier molecular flexibility index (Phi) is 4.02. The van der Waals surface area contributed by atoms with Gasteiger partial charge >= 0.3 is 0 Å². The van der Waals surface area contributed by atoms with E-state index in [2.05, 4.69) is 19.9 Å². The van der Waals surface area contributed by atoms with Crippen LogP contribution in [0.15, 0.2) is 29.8 Å². The first-order chi connectivity index (χ1) is 6.63. The van der Waals surface area contributed by atoms with Crippen LogP contribution in [0.1, 0.15) is 19.4 Å². The molecule has 2 heteroatoms. The van der Waals surface area contributed by atoms with E-state index in [1.54, 1.807) is 7.11 Å². The molecule has 0 radical (unpaired) electrons. The van der Waals surface area contributed by atoms with Crippen LogP contribution < -0.4 is 4.74 Å². The summed E-state index contributed by atoms with van der Waals surface area (Å²) in [4.78, 5) is 0. The summed E-state index contributed by atoms with van der Waals surface area (Å²) in [6.45, 7) is 4.16. The van der Waals surface area contributed by atoms with Crippen LogP contribution in [-0.4, -0.2) is 7.11 Å². The molecule has 0 amide bonds. The lowest BCUT2D eigenvalue weighted by molar-refractivity contribution is 0.410. The maximum atomic E-state index is 5.91. The molecule has 1 aromatic carbocycles. The van der Waals surface area contributed by atoms with E-state index in [1.807, 2.05) is 18.2 Å². The summed E-state index contributed by atoms with van der Waals surface area (Å²) in [6, 6.07) is 5.68. The van der Waals surface area contributed by atoms with Gasteiger partial charge in [-0.15, -0.1) is 0 Å². The molecule has 0 aromatic heterocycles. The molecule has 14 heavy (non-hydrogen) atoms. The lowest BCUT2D eigenvalue weighted by Gasteiger charge is -2.06. The average Bonchev–Trinajstić information content (AvgIpc) is 2.15. The fourth-order valence-corrected chi connectivity index (χ4v) is 1.42. The average molecular weight is 211 g/mol. The maximum absolute atomic E-state index is 5.91. The first-order valence-electron chi connectivity index (χ1n) is 4.59. The second-order valence-corrected chi connectivity index (χ2v) is 3.88. The zero-order valence-electron chi connectivity index (χ0n) is 8.80. The predicted octanol–water partition coefficient (Wildman–Crippen LogP) is 3.86. The summed E-state index contributed by atoms with van der Waals surface area (Å²) in [5, 5.41) is 0.753. The normalized spacial score (nSPS) is 9.71. The van der Waals surface area contributed by atoms with Gasteiger partial charge in [0, 0.05) is 5.02 Å². The molecule has 1 nitrogen and oxygen atoms in total. The van der Waals surface area contributed by atoms with E-state index in [4.69, 9.17) is 16.3 Å². The fraction of sp³-hybridized carbons (Fsp3) is 0.333. The monoisotopic (exact) mass is 210 g/mol. The number of ether oxygens (including phenoxy) is 1. The number of methoxy groups -OCH3 is 1. The van der Waals surface area contributed by atoms with Gasteiger partial charge in [-0.3, -0.25) is 0 Å². The van der Waals surface area contributed by atoms with Crippen molar-refractivity contribution in [2.24, 2.45) is 0 Å². The molecule has 1 aromatic rings. The molecule has 0 N–H and O–H groups in total. The highest BCUT2D eigenvalue weighted by Gasteiger charge is 2.01. The Hall–Kier alpha value is -0.950. The highest BCUT2D eigenvalue weighted by Crippen LogP contribution is 2.23. The molecule has 0 aliphatic rings. The van der Waals surface area contributed by atoms with Crippen molar-refractivity contribution in [1.29, 1.82) is 0 Å². The van der Waals surface area contributed by atoms with E-state index in [0.717, 1.165) is 22.8 Å². The number of hydrogen-bond donors (Lipinski definition) is 0. The second kappa shape index (κ2) is 5.06. The standard InChI is InChI=1S/C12H15ClO/c1-9(2)4-5-10-8-11(13)6-7-12(10)14-3/h4,6-8H,5H2,1-3H3. The number of allylic oxidation sites excluding steroid dienone is 2. The second-order valence-electron chi connectivity index (χ2n) is 3.44. The molecular weight excluding hydrogens is 196 g/mol. The Bertz CT molecular complexity index is 338. The van der Waals surface area contributed by atoms with Crippen molar-refractivity contribution in [1.82, 2.24) is 0 Å². The third-order valence-corrected chi connectivity index (χ3v) is 2.21. The molecule has 0 bridgehead atoms. The van der Waals surface area contributed by atoms with Gasteiger partial charge in [-0.05, 0) is 44.0 Å². The van der Waals surface area contributed by atoms with Crippen LogP contribution in [0.2, 0.25) is 5.02 Å². The predicted molar refractivity (Wildman–Crippen MR) is 61.1 cm³/mol.